The topological polar surface area (TPSA) is 116 Å². The highest BCUT2D eigenvalue weighted by atomic mass is 127. The predicted octanol–water partition coefficient (Wildman–Crippen LogP) is 3.09. The molecule has 0 atom stereocenters. The van der Waals surface area contributed by atoms with Crippen molar-refractivity contribution in [2.24, 2.45) is 5.84 Å². The average Bonchev–Trinajstić information content (AvgIpc) is 3.21. The molecule has 3 N–H and O–H groups in total. The summed E-state index contributed by atoms with van der Waals surface area (Å²) in [5.41, 5.74) is 5.41. The van der Waals surface area contributed by atoms with E-state index in [4.69, 9.17) is 5.84 Å². The number of nitrogens with two attached hydrogens (primary N) is 1. The fraction of sp³-hybridized carbons (Fsp3) is 0.263. The fourth-order valence-corrected chi connectivity index (χ4v) is 3.00. The Morgan fingerprint density at radius 1 is 1.25 bits per heavy atom. The molecule has 0 aliphatic heterocycles. The Bertz CT molecular complexity index is 911. The highest BCUT2D eigenvalue weighted by Gasteiger charge is 2.05. The first-order valence-corrected chi connectivity index (χ1v) is 10.7. The molecule has 0 aliphatic rings. The van der Waals surface area contributed by atoms with E-state index in [-0.39, 0.29) is 5.91 Å². The smallest absolute Gasteiger partial charge is 0.265 e. The molecule has 1 aromatic carbocycles. The summed E-state index contributed by atoms with van der Waals surface area (Å²) in [5, 5.41) is 8.22. The second kappa shape index (κ2) is 11.3. The lowest BCUT2D eigenvalue weighted by atomic mass is 10.1. The second-order valence-electron chi connectivity index (χ2n) is 5.98. The molecule has 1 amide bonds. The number of halogens is 1. The van der Waals surface area contributed by atoms with Gasteiger partial charge in [0, 0.05) is 21.5 Å². The lowest BCUT2D eigenvalue weighted by Crippen LogP contribution is -2.30. The van der Waals surface area contributed by atoms with E-state index in [0.29, 0.717) is 5.56 Å². The van der Waals surface area contributed by atoms with Crippen LogP contribution in [-0.2, 0) is 9.49 Å². The molecule has 3 rings (SSSR count). The van der Waals surface area contributed by atoms with Gasteiger partial charge in [0.2, 0.25) is 0 Å². The van der Waals surface area contributed by atoms with Crippen molar-refractivity contribution in [3.63, 3.8) is 0 Å². The number of aryl methyl sites for hydroxylation is 2. The lowest BCUT2D eigenvalue weighted by molar-refractivity contribution is 0.0953. The number of pyridine rings is 1. The molecule has 0 bridgehead atoms. The maximum Gasteiger partial charge on any atom is 0.265 e. The van der Waals surface area contributed by atoms with Gasteiger partial charge >= 0.3 is 0 Å². The third kappa shape index (κ3) is 6.27. The van der Waals surface area contributed by atoms with E-state index in [1.54, 1.807) is 30.1 Å². The number of nitrogens with one attached hydrogen (secondary N) is 1. The van der Waals surface area contributed by atoms with Gasteiger partial charge in [-0.3, -0.25) is 18.3 Å². The van der Waals surface area contributed by atoms with Gasteiger partial charge in [-0.05, 0) is 55.7 Å². The van der Waals surface area contributed by atoms with Crippen molar-refractivity contribution < 1.29 is 7.86 Å². The van der Waals surface area contributed by atoms with E-state index >= 15 is 0 Å². The average molecular weight is 494 g/mol. The van der Waals surface area contributed by atoms with Gasteiger partial charge in [0.1, 0.15) is 0 Å². The van der Waals surface area contributed by atoms with E-state index in [0.717, 1.165) is 39.8 Å². The Kier molecular flexibility index (Phi) is 8.82. The molecule has 148 valence electrons. The number of nitrogens with zero attached hydrogens (tertiary/aromatic N) is 4. The number of amides is 1. The minimum Gasteiger partial charge on any atom is -0.290 e. The summed E-state index contributed by atoms with van der Waals surface area (Å²) in [6.45, 7) is 3.97. The molecule has 0 saturated heterocycles. The van der Waals surface area contributed by atoms with Crippen molar-refractivity contribution in [3.8, 4) is 5.69 Å². The van der Waals surface area contributed by atoms with Gasteiger partial charge in [-0.1, -0.05) is 18.6 Å². The maximum atomic E-state index is 11.0. The van der Waals surface area contributed by atoms with E-state index < -0.39 is 21.2 Å². The standard InChI is InChI=1S/C12H14IN3O.C7H9N3O/c1-2-3-4-11-9-16(15-14-11)12-7-5-10(13-17)6-8-12;1-5-4-9-3-2-6(5)7(11)10-8/h5-9H,2-4H2,1H3;2-4H,8H2,1H3,(H,10,11). The molecule has 0 unspecified atom stereocenters. The van der Waals surface area contributed by atoms with Crippen molar-refractivity contribution in [2.45, 2.75) is 33.1 Å². The molecular formula is C19H23IN6O2. The fourth-order valence-electron chi connectivity index (χ4n) is 2.35. The third-order valence-electron chi connectivity index (χ3n) is 3.90. The molecule has 0 spiro atoms. The number of hydrogen-bond acceptors (Lipinski definition) is 6. The normalized spacial score (nSPS) is 10.1. The van der Waals surface area contributed by atoms with Crippen LogP contribution >= 0.6 is 21.2 Å². The van der Waals surface area contributed by atoms with Crippen molar-refractivity contribution in [2.75, 3.05) is 0 Å². The Labute approximate surface area is 174 Å². The summed E-state index contributed by atoms with van der Waals surface area (Å²) in [6.07, 6.45) is 8.40. The van der Waals surface area contributed by atoms with Crippen molar-refractivity contribution >= 4 is 27.1 Å². The van der Waals surface area contributed by atoms with Gasteiger partial charge in [-0.25, -0.2) is 10.5 Å². The minimum atomic E-state index is -1.07. The van der Waals surface area contributed by atoms with Crippen LogP contribution < -0.4 is 11.3 Å². The predicted molar refractivity (Wildman–Crippen MR) is 114 cm³/mol. The number of unbranched alkanes of at least 4 members (excludes halogenated alkanes) is 1. The van der Waals surface area contributed by atoms with Crippen LogP contribution in [0.2, 0.25) is 0 Å². The second-order valence-corrected chi connectivity index (χ2v) is 7.66. The number of benzene rings is 1. The van der Waals surface area contributed by atoms with Crippen LogP contribution in [0, 0.1) is 10.5 Å². The molecule has 2 heterocycles. The molecule has 28 heavy (non-hydrogen) atoms. The number of hydrogen-bond donors (Lipinski definition) is 2. The van der Waals surface area contributed by atoms with E-state index in [1.165, 1.54) is 0 Å². The largest absolute Gasteiger partial charge is 0.290 e. The summed E-state index contributed by atoms with van der Waals surface area (Å²) in [5.74, 6) is 4.67. The Morgan fingerprint density at radius 3 is 2.61 bits per heavy atom. The number of rotatable bonds is 6. The zero-order chi connectivity index (χ0) is 20.4. The molecule has 0 aliphatic carbocycles. The Hall–Kier alpha value is -2.53. The van der Waals surface area contributed by atoms with Crippen LogP contribution in [0.15, 0.2) is 48.9 Å². The SMILES string of the molecule is CCCCc1cn(-c2ccc(I=O)cc2)nn1.Cc1cnccc1C(=O)NN. The van der Waals surface area contributed by atoms with E-state index in [2.05, 4.69) is 27.6 Å². The number of carbonyl (C=O) groups is 1. The Morgan fingerprint density at radius 2 is 2.00 bits per heavy atom. The van der Waals surface area contributed by atoms with Gasteiger partial charge in [0.15, 0.2) is 21.2 Å². The van der Waals surface area contributed by atoms with Gasteiger partial charge in [0.25, 0.3) is 5.91 Å². The molecule has 9 heteroatoms. The van der Waals surface area contributed by atoms with Crippen LogP contribution in [0.4, 0.5) is 0 Å². The quantitative estimate of drug-likeness (QED) is 0.236. The van der Waals surface area contributed by atoms with E-state index in [9.17, 15) is 7.86 Å². The first-order chi connectivity index (χ1) is 13.6. The van der Waals surface area contributed by atoms with Crippen LogP contribution in [0.1, 0.15) is 41.4 Å². The van der Waals surface area contributed by atoms with Crippen molar-refractivity contribution in [1.29, 1.82) is 0 Å². The molecule has 8 nitrogen and oxygen atoms in total. The lowest BCUT2D eigenvalue weighted by Gasteiger charge is -2.00. The highest BCUT2D eigenvalue weighted by Crippen LogP contribution is 2.13. The summed E-state index contributed by atoms with van der Waals surface area (Å²) in [6, 6.07) is 9.22. The number of nitrogen functional groups attached to an aromatic ring is 1. The molecular weight excluding hydrogens is 471 g/mol. The van der Waals surface area contributed by atoms with Crippen LogP contribution in [0.25, 0.3) is 5.69 Å². The first kappa shape index (κ1) is 21.8. The molecule has 0 radical (unpaired) electrons. The molecule has 0 fully saturated rings. The van der Waals surface area contributed by atoms with Crippen LogP contribution in [-0.4, -0.2) is 25.9 Å². The van der Waals surface area contributed by atoms with Gasteiger partial charge < -0.3 is 0 Å². The zero-order valence-corrected chi connectivity index (χ0v) is 18.0. The Balaban J connectivity index is 0.000000221. The monoisotopic (exact) mass is 494 g/mol. The molecule has 0 saturated carbocycles. The van der Waals surface area contributed by atoms with Crippen LogP contribution in [0.3, 0.4) is 0 Å². The molecule has 3 aromatic rings. The minimum absolute atomic E-state index is 0.287. The number of carbonyl (C=O) groups excluding carboxylic acids is 1. The third-order valence-corrected chi connectivity index (χ3v) is 5.13. The van der Waals surface area contributed by atoms with Crippen molar-refractivity contribution in [3.05, 3.63) is 69.3 Å². The van der Waals surface area contributed by atoms with Gasteiger partial charge in [-0.2, -0.15) is 0 Å². The maximum absolute atomic E-state index is 11.0. The highest BCUT2D eigenvalue weighted by molar-refractivity contribution is 14.1. The van der Waals surface area contributed by atoms with Gasteiger partial charge in [-0.15, -0.1) is 5.10 Å². The number of aromatic nitrogens is 4. The summed E-state index contributed by atoms with van der Waals surface area (Å²) < 4.78 is 13.4. The summed E-state index contributed by atoms with van der Waals surface area (Å²) >= 11 is -1.07. The summed E-state index contributed by atoms with van der Waals surface area (Å²) in [7, 11) is 0. The van der Waals surface area contributed by atoms with E-state index in [1.807, 2.05) is 30.5 Å². The van der Waals surface area contributed by atoms with Crippen molar-refractivity contribution in [1.82, 2.24) is 25.4 Å². The van der Waals surface area contributed by atoms with Gasteiger partial charge in [0.05, 0.1) is 17.6 Å². The zero-order valence-electron chi connectivity index (χ0n) is 15.8. The molecule has 2 aromatic heterocycles. The van der Waals surface area contributed by atoms with Crippen LogP contribution in [0.5, 0.6) is 0 Å². The first-order valence-electron chi connectivity index (χ1n) is 8.79. The summed E-state index contributed by atoms with van der Waals surface area (Å²) in [4.78, 5) is 14.8. The number of hydrazine groups is 1.